The number of ether oxygens (including phenoxy) is 2. The zero-order chi connectivity index (χ0) is 55.0. The van der Waals surface area contributed by atoms with E-state index in [9.17, 15) is 29.4 Å². The second-order valence-corrected chi connectivity index (χ2v) is 21.0. The average molecular weight is 1110 g/mol. The highest BCUT2D eigenvalue weighted by atomic mass is 35.5. The van der Waals surface area contributed by atoms with Crippen LogP contribution in [-0.2, 0) is 31.9 Å². The van der Waals surface area contributed by atoms with Crippen LogP contribution in [0.15, 0.2) is 85.5 Å². The molecule has 0 bridgehead atoms. The largest absolute Gasteiger partial charge is 0.394 e. The van der Waals surface area contributed by atoms with Crippen LogP contribution >= 0.6 is 23.2 Å². The Balaban J connectivity index is 0.000000190. The molecule has 4 aliphatic rings. The van der Waals surface area contributed by atoms with Crippen LogP contribution in [0.4, 0.5) is 21.5 Å². The van der Waals surface area contributed by atoms with Crippen LogP contribution in [0.2, 0.25) is 10.0 Å². The number of halogens is 2. The molecular weight excluding hydrogens is 1040 g/mol. The Bertz CT molecular complexity index is 2920. The molecule has 8 heterocycles. The van der Waals surface area contributed by atoms with Crippen molar-refractivity contribution in [1.82, 2.24) is 49.5 Å². The van der Waals surface area contributed by atoms with E-state index in [0.29, 0.717) is 96.8 Å². The maximum absolute atomic E-state index is 13.5. The Labute approximate surface area is 462 Å². The fourth-order valence-corrected chi connectivity index (χ4v) is 10.5. The summed E-state index contributed by atoms with van der Waals surface area (Å²) in [7, 11) is 0. The van der Waals surface area contributed by atoms with Gasteiger partial charge in [0, 0.05) is 99.4 Å². The van der Waals surface area contributed by atoms with Gasteiger partial charge in [0.2, 0.25) is 23.7 Å². The second kappa shape index (κ2) is 25.2. The third kappa shape index (κ3) is 13.0. The number of amides is 4. The summed E-state index contributed by atoms with van der Waals surface area (Å²) >= 11 is 12.9. The minimum absolute atomic E-state index is 0.231. The fourth-order valence-electron chi connectivity index (χ4n) is 10.1. The summed E-state index contributed by atoms with van der Waals surface area (Å²) in [4.78, 5) is 74.2. The molecule has 0 saturated carbocycles. The molecule has 22 heteroatoms. The van der Waals surface area contributed by atoms with Gasteiger partial charge in [-0.3, -0.25) is 18.7 Å². The highest BCUT2D eigenvalue weighted by Crippen LogP contribution is 2.33. The van der Waals surface area contributed by atoms with Gasteiger partial charge in [0.15, 0.2) is 0 Å². The number of aryl methyl sites for hydroxylation is 2. The third-order valence-corrected chi connectivity index (χ3v) is 15.2. The maximum Gasteiger partial charge on any atom is 0.329 e. The summed E-state index contributed by atoms with van der Waals surface area (Å²) in [5.74, 6) is 0.302. The van der Waals surface area contributed by atoms with Gasteiger partial charge in [-0.15, -0.1) is 0 Å². The van der Waals surface area contributed by atoms with Crippen LogP contribution < -0.4 is 21.3 Å². The number of anilines is 2. The first-order valence-corrected chi connectivity index (χ1v) is 27.2. The number of rotatable bonds is 16. The predicted octanol–water partition coefficient (Wildman–Crippen LogP) is 7.12. The van der Waals surface area contributed by atoms with Gasteiger partial charge in [-0.05, 0) is 76.6 Å². The Hall–Kier alpha value is -6.94. The number of aliphatic hydroxyl groups excluding tert-OH is 2. The molecule has 0 radical (unpaired) electrons. The van der Waals surface area contributed by atoms with E-state index in [2.05, 4.69) is 41.2 Å². The molecule has 6 N–H and O–H groups in total. The van der Waals surface area contributed by atoms with Gasteiger partial charge >= 0.3 is 12.1 Å². The van der Waals surface area contributed by atoms with Gasteiger partial charge in [-0.2, -0.15) is 0 Å². The molecule has 0 unspecified atom stereocenters. The minimum Gasteiger partial charge on any atom is -0.394 e. The number of benzene rings is 2. The lowest BCUT2D eigenvalue weighted by Gasteiger charge is -2.33. The Kier molecular flexibility index (Phi) is 18.1. The van der Waals surface area contributed by atoms with E-state index in [1.807, 2.05) is 74.5 Å². The van der Waals surface area contributed by atoms with Crippen LogP contribution in [0, 0.1) is 13.8 Å². The molecule has 78 heavy (non-hydrogen) atoms. The lowest BCUT2D eigenvalue weighted by atomic mass is 10.0. The number of nitrogens with one attached hydrogen (secondary N) is 4. The number of hydrogen-bond donors (Lipinski definition) is 6. The number of aliphatic hydroxyl groups is 2. The van der Waals surface area contributed by atoms with Crippen molar-refractivity contribution < 1.29 is 38.9 Å². The van der Waals surface area contributed by atoms with E-state index < -0.39 is 24.2 Å². The molecule has 4 amide bonds. The molecule has 4 aromatic heterocycles. The molecular formula is C56H66Cl2N12O8. The molecule has 2 aromatic carbocycles. The van der Waals surface area contributed by atoms with Crippen molar-refractivity contribution >= 4 is 59.0 Å². The summed E-state index contributed by atoms with van der Waals surface area (Å²) in [6.07, 6.45) is 11.2. The lowest BCUT2D eigenvalue weighted by Crippen LogP contribution is -2.52. The van der Waals surface area contributed by atoms with Gasteiger partial charge in [0.05, 0.1) is 59.1 Å². The predicted molar refractivity (Wildman–Crippen MR) is 295 cm³/mol. The molecule has 0 aliphatic carbocycles. The smallest absolute Gasteiger partial charge is 0.329 e. The molecule has 2 fully saturated rings. The number of fused-ring (bicyclic) bond motifs is 2. The standard InChI is InChI=1S/2C28H33ClN6O4/c2*1-17-4-3-5-19(12-17)24(16-36)32-26(37)18(2)34-9-6-22-13-20(15-35(22)28(34)38)25-23(29)14-30-27(33-25)31-21-7-10-39-11-8-21/h2*3-5,12-15,18,21,24,36H,6-11,16H2,1-2H3,(H,32,37)(H,30,31,33)/t18-,24+;18-,24-/m01/s1. The number of carbonyl (C=O) groups excluding carboxylic acids is 4. The first-order valence-electron chi connectivity index (χ1n) is 26.4. The number of hydrogen-bond acceptors (Lipinski definition) is 14. The second-order valence-electron chi connectivity index (χ2n) is 20.1. The van der Waals surface area contributed by atoms with Gasteiger partial charge < -0.3 is 50.8 Å². The zero-order valence-electron chi connectivity index (χ0n) is 44.1. The van der Waals surface area contributed by atoms with Crippen molar-refractivity contribution in [2.45, 2.75) is 102 Å². The van der Waals surface area contributed by atoms with Gasteiger partial charge in [-0.1, -0.05) is 82.9 Å². The summed E-state index contributed by atoms with van der Waals surface area (Å²) in [5.41, 5.74) is 7.83. The summed E-state index contributed by atoms with van der Waals surface area (Å²) in [6.45, 7) is 10.4. The van der Waals surface area contributed by atoms with Crippen LogP contribution in [-0.4, -0.2) is 150 Å². The van der Waals surface area contributed by atoms with Crippen molar-refractivity contribution in [3.8, 4) is 22.5 Å². The zero-order valence-corrected chi connectivity index (χ0v) is 45.6. The van der Waals surface area contributed by atoms with E-state index in [0.717, 1.165) is 59.3 Å². The molecule has 10 rings (SSSR count). The monoisotopic (exact) mass is 1100 g/mol. The van der Waals surface area contributed by atoms with Crippen molar-refractivity contribution in [1.29, 1.82) is 0 Å². The van der Waals surface area contributed by atoms with E-state index in [4.69, 9.17) is 32.7 Å². The number of aromatic nitrogens is 6. The average Bonchev–Trinajstić information content (AvgIpc) is 4.18. The number of carbonyl (C=O) groups is 4. The highest BCUT2D eigenvalue weighted by Gasteiger charge is 2.35. The van der Waals surface area contributed by atoms with E-state index >= 15 is 0 Å². The van der Waals surface area contributed by atoms with Crippen molar-refractivity contribution in [3.63, 3.8) is 0 Å². The summed E-state index contributed by atoms with van der Waals surface area (Å²) in [5, 5.41) is 33.1. The number of nitrogens with zero attached hydrogens (tertiary/aromatic N) is 8. The first kappa shape index (κ1) is 55.8. The van der Waals surface area contributed by atoms with Gasteiger partial charge in [-0.25, -0.2) is 29.5 Å². The van der Waals surface area contributed by atoms with Crippen LogP contribution in [0.1, 0.15) is 85.3 Å². The van der Waals surface area contributed by atoms with Gasteiger partial charge in [0.1, 0.15) is 12.1 Å². The molecule has 2 saturated heterocycles. The molecule has 412 valence electrons. The molecule has 4 atom stereocenters. The van der Waals surface area contributed by atoms with Crippen LogP contribution in [0.25, 0.3) is 22.5 Å². The van der Waals surface area contributed by atoms with Crippen molar-refractivity contribution in [3.05, 3.63) is 129 Å². The third-order valence-electron chi connectivity index (χ3n) is 14.6. The van der Waals surface area contributed by atoms with Crippen LogP contribution in [0.5, 0.6) is 0 Å². The van der Waals surface area contributed by atoms with E-state index in [1.165, 1.54) is 9.80 Å². The van der Waals surface area contributed by atoms with E-state index in [-0.39, 0.29) is 49.2 Å². The van der Waals surface area contributed by atoms with Crippen molar-refractivity contribution in [2.75, 3.05) is 63.4 Å². The molecule has 4 aliphatic heterocycles. The quantitative estimate of drug-likeness (QED) is 0.0565. The Morgan fingerprint density at radius 2 is 1.04 bits per heavy atom. The molecule has 0 spiro atoms. The SMILES string of the molecule is Cc1cccc([C@@H](CO)NC(=O)[C@@H](C)N2CCc3cc(-c4nc(NC5CCOCC5)ncc4Cl)cn3C2=O)c1.Cc1cccc([C@@H](CO)NC(=O)[C@H](C)N2CCc3cc(-c4nc(NC5CCOCC5)ncc4Cl)cn3C2=O)c1. The minimum atomic E-state index is -0.728. The van der Waals surface area contributed by atoms with Crippen molar-refractivity contribution in [2.24, 2.45) is 0 Å². The van der Waals surface area contributed by atoms with E-state index in [1.54, 1.807) is 47.8 Å². The van der Waals surface area contributed by atoms with Crippen LogP contribution in [0.3, 0.4) is 0 Å². The molecule has 6 aromatic rings. The normalized spacial score (nSPS) is 17.4. The summed E-state index contributed by atoms with van der Waals surface area (Å²) < 4.78 is 13.9. The maximum atomic E-state index is 13.5. The summed E-state index contributed by atoms with van der Waals surface area (Å²) in [6, 6.07) is 16.4. The molecule has 20 nitrogen and oxygen atoms in total. The Morgan fingerprint density at radius 3 is 1.41 bits per heavy atom. The topological polar surface area (TPSA) is 243 Å². The lowest BCUT2D eigenvalue weighted by molar-refractivity contribution is -0.126. The van der Waals surface area contributed by atoms with Gasteiger partial charge in [0.25, 0.3) is 0 Å². The Morgan fingerprint density at radius 1 is 0.641 bits per heavy atom. The highest BCUT2D eigenvalue weighted by molar-refractivity contribution is 6.33. The fraction of sp³-hybridized carbons (Fsp3) is 0.429. The first-order chi connectivity index (χ1) is 37.7.